The average molecular weight is 208 g/mol. The number of aromatic nitrogens is 3. The molecule has 1 aromatic rings. The van der Waals surface area contributed by atoms with Crippen molar-refractivity contribution in [1.29, 1.82) is 0 Å². The first-order valence-corrected chi connectivity index (χ1v) is 5.85. The lowest BCUT2D eigenvalue weighted by Gasteiger charge is -2.22. The summed E-state index contributed by atoms with van der Waals surface area (Å²) in [6.45, 7) is 3.13. The molecule has 1 aliphatic rings. The summed E-state index contributed by atoms with van der Waals surface area (Å²) in [6.07, 6.45) is 6.24. The van der Waals surface area contributed by atoms with E-state index in [9.17, 15) is 0 Å². The van der Waals surface area contributed by atoms with Gasteiger partial charge in [-0.1, -0.05) is 6.42 Å². The first kappa shape index (κ1) is 10.6. The Morgan fingerprint density at radius 3 is 2.93 bits per heavy atom. The summed E-state index contributed by atoms with van der Waals surface area (Å²) in [7, 11) is 1.98. The third kappa shape index (κ3) is 2.78. The highest BCUT2D eigenvalue weighted by Gasteiger charge is 2.13. The second kappa shape index (κ2) is 4.75. The number of nitrogens with zero attached hydrogens (tertiary/aromatic N) is 3. The van der Waals surface area contributed by atoms with Crippen molar-refractivity contribution in [3.63, 3.8) is 0 Å². The van der Waals surface area contributed by atoms with Gasteiger partial charge in [0.25, 0.3) is 0 Å². The molecule has 0 amide bonds. The van der Waals surface area contributed by atoms with Gasteiger partial charge in [0.15, 0.2) is 0 Å². The number of nitrogens with one attached hydrogen (secondary N) is 1. The van der Waals surface area contributed by atoms with Crippen molar-refractivity contribution >= 4 is 0 Å². The van der Waals surface area contributed by atoms with E-state index < -0.39 is 0 Å². The molecule has 0 spiro atoms. The zero-order valence-corrected chi connectivity index (χ0v) is 9.66. The van der Waals surface area contributed by atoms with Crippen LogP contribution in [0.4, 0.5) is 0 Å². The summed E-state index contributed by atoms with van der Waals surface area (Å²) < 4.78 is 1.90. The van der Waals surface area contributed by atoms with Crippen LogP contribution in [0.25, 0.3) is 0 Å². The van der Waals surface area contributed by atoms with Crippen molar-refractivity contribution in [2.75, 3.05) is 6.54 Å². The van der Waals surface area contributed by atoms with Gasteiger partial charge in [-0.25, -0.2) is 4.98 Å². The highest BCUT2D eigenvalue weighted by Crippen LogP contribution is 2.12. The molecule has 0 bridgehead atoms. The summed E-state index contributed by atoms with van der Waals surface area (Å²) in [4.78, 5) is 4.42. The van der Waals surface area contributed by atoms with Crippen LogP contribution in [-0.4, -0.2) is 27.4 Å². The number of hydrogen-bond donors (Lipinski definition) is 1. The van der Waals surface area contributed by atoms with Gasteiger partial charge in [0.05, 0.1) is 0 Å². The summed E-state index contributed by atoms with van der Waals surface area (Å²) in [5.41, 5.74) is 0. The Balaban J connectivity index is 1.84. The molecule has 1 saturated heterocycles. The summed E-state index contributed by atoms with van der Waals surface area (Å²) in [6, 6.07) is 0.691. The Labute approximate surface area is 91.1 Å². The fourth-order valence-corrected chi connectivity index (χ4v) is 2.25. The zero-order valence-electron chi connectivity index (χ0n) is 9.66. The molecule has 1 fully saturated rings. The molecule has 84 valence electrons. The largest absolute Gasteiger partial charge is 0.314 e. The monoisotopic (exact) mass is 208 g/mol. The Morgan fingerprint density at radius 2 is 2.33 bits per heavy atom. The second-order valence-electron chi connectivity index (χ2n) is 4.38. The summed E-state index contributed by atoms with van der Waals surface area (Å²) >= 11 is 0. The lowest BCUT2D eigenvalue weighted by molar-refractivity contribution is 0.379. The minimum atomic E-state index is 0.691. The average Bonchev–Trinajstić information content (AvgIpc) is 2.56. The zero-order chi connectivity index (χ0) is 10.7. The Kier molecular flexibility index (Phi) is 3.36. The van der Waals surface area contributed by atoms with Gasteiger partial charge in [-0.3, -0.25) is 4.68 Å². The fraction of sp³-hybridized carbons (Fsp3) is 0.818. The smallest absolute Gasteiger partial charge is 0.147 e. The molecule has 1 aliphatic heterocycles. The van der Waals surface area contributed by atoms with Crippen LogP contribution in [0.5, 0.6) is 0 Å². The number of aryl methyl sites for hydroxylation is 3. The molecule has 4 heteroatoms. The normalized spacial score (nSPS) is 21.9. The molecule has 1 aromatic heterocycles. The lowest BCUT2D eigenvalue weighted by Crippen LogP contribution is -2.34. The topological polar surface area (TPSA) is 42.7 Å². The molecule has 1 atom stereocenters. The first-order valence-electron chi connectivity index (χ1n) is 5.85. The van der Waals surface area contributed by atoms with Gasteiger partial charge < -0.3 is 5.32 Å². The van der Waals surface area contributed by atoms with Crippen LogP contribution in [-0.2, 0) is 13.5 Å². The third-order valence-corrected chi connectivity index (χ3v) is 3.09. The predicted octanol–water partition coefficient (Wildman–Crippen LogP) is 1.20. The van der Waals surface area contributed by atoms with Gasteiger partial charge in [0.1, 0.15) is 11.6 Å². The Morgan fingerprint density at radius 1 is 1.47 bits per heavy atom. The number of rotatable bonds is 3. The number of hydrogen-bond acceptors (Lipinski definition) is 3. The molecular weight excluding hydrogens is 188 g/mol. The maximum atomic E-state index is 4.42. The quantitative estimate of drug-likeness (QED) is 0.811. The van der Waals surface area contributed by atoms with Crippen molar-refractivity contribution in [3.05, 3.63) is 11.6 Å². The Bertz CT molecular complexity index is 312. The van der Waals surface area contributed by atoms with Crippen molar-refractivity contribution in [2.45, 2.75) is 45.1 Å². The predicted molar refractivity (Wildman–Crippen MR) is 59.7 cm³/mol. The van der Waals surface area contributed by atoms with Crippen LogP contribution in [0.1, 0.15) is 37.3 Å². The molecule has 1 N–H and O–H groups in total. The van der Waals surface area contributed by atoms with Crippen LogP contribution < -0.4 is 5.32 Å². The van der Waals surface area contributed by atoms with E-state index in [2.05, 4.69) is 15.4 Å². The van der Waals surface area contributed by atoms with E-state index in [-0.39, 0.29) is 0 Å². The minimum absolute atomic E-state index is 0.691. The molecule has 2 heterocycles. The molecule has 15 heavy (non-hydrogen) atoms. The van der Waals surface area contributed by atoms with Crippen LogP contribution in [0, 0.1) is 6.92 Å². The van der Waals surface area contributed by atoms with Gasteiger partial charge >= 0.3 is 0 Å². The number of piperidine rings is 1. The third-order valence-electron chi connectivity index (χ3n) is 3.09. The van der Waals surface area contributed by atoms with Crippen LogP contribution in [0.15, 0.2) is 0 Å². The van der Waals surface area contributed by atoms with Crippen molar-refractivity contribution in [2.24, 2.45) is 7.05 Å². The van der Waals surface area contributed by atoms with Gasteiger partial charge in [-0.05, 0) is 32.7 Å². The van der Waals surface area contributed by atoms with Crippen molar-refractivity contribution in [3.8, 4) is 0 Å². The van der Waals surface area contributed by atoms with E-state index in [0.717, 1.165) is 18.1 Å². The van der Waals surface area contributed by atoms with Gasteiger partial charge in [0.2, 0.25) is 0 Å². The fourth-order valence-electron chi connectivity index (χ4n) is 2.25. The molecule has 2 rings (SSSR count). The van der Waals surface area contributed by atoms with Crippen LogP contribution in [0.3, 0.4) is 0 Å². The van der Waals surface area contributed by atoms with E-state index in [1.807, 2.05) is 18.7 Å². The molecule has 0 saturated carbocycles. The molecular formula is C11H20N4. The maximum Gasteiger partial charge on any atom is 0.147 e. The van der Waals surface area contributed by atoms with E-state index in [4.69, 9.17) is 0 Å². The van der Waals surface area contributed by atoms with Gasteiger partial charge in [0, 0.05) is 19.5 Å². The highest BCUT2D eigenvalue weighted by molar-refractivity contribution is 4.91. The van der Waals surface area contributed by atoms with E-state index >= 15 is 0 Å². The molecule has 0 aliphatic carbocycles. The molecule has 0 radical (unpaired) electrons. The SMILES string of the molecule is Cc1nc(CCC2CCCCN2)n(C)n1. The van der Waals surface area contributed by atoms with E-state index in [1.54, 1.807) is 0 Å². The molecule has 4 nitrogen and oxygen atoms in total. The highest BCUT2D eigenvalue weighted by atomic mass is 15.3. The Hall–Kier alpha value is -0.900. The van der Waals surface area contributed by atoms with Crippen LogP contribution >= 0.6 is 0 Å². The second-order valence-corrected chi connectivity index (χ2v) is 4.38. The minimum Gasteiger partial charge on any atom is -0.314 e. The first-order chi connectivity index (χ1) is 7.25. The van der Waals surface area contributed by atoms with Gasteiger partial charge in [-0.2, -0.15) is 5.10 Å². The van der Waals surface area contributed by atoms with Crippen molar-refractivity contribution in [1.82, 2.24) is 20.1 Å². The maximum absolute atomic E-state index is 4.42. The van der Waals surface area contributed by atoms with E-state index in [0.29, 0.717) is 6.04 Å². The summed E-state index contributed by atoms with van der Waals surface area (Å²) in [5, 5.41) is 7.82. The van der Waals surface area contributed by atoms with Gasteiger partial charge in [-0.15, -0.1) is 0 Å². The standard InChI is InChI=1S/C11H20N4/c1-9-13-11(15(2)14-9)7-6-10-5-3-4-8-12-10/h10,12H,3-8H2,1-2H3. The van der Waals surface area contributed by atoms with Crippen LogP contribution in [0.2, 0.25) is 0 Å². The van der Waals surface area contributed by atoms with Crippen molar-refractivity contribution < 1.29 is 0 Å². The lowest BCUT2D eigenvalue weighted by atomic mass is 10.0. The molecule has 1 unspecified atom stereocenters. The summed E-state index contributed by atoms with van der Waals surface area (Å²) in [5.74, 6) is 1.99. The van der Waals surface area contributed by atoms with E-state index in [1.165, 1.54) is 32.2 Å². The molecule has 0 aromatic carbocycles.